The van der Waals surface area contributed by atoms with Gasteiger partial charge in [-0.05, 0) is 30.2 Å². The highest BCUT2D eigenvalue weighted by molar-refractivity contribution is 7.98. The lowest BCUT2D eigenvalue weighted by molar-refractivity contribution is 0.0766. The molecule has 1 amide bonds. The number of hydrogen-bond donors (Lipinski definition) is 0. The molecule has 0 saturated carbocycles. The second-order valence-corrected chi connectivity index (χ2v) is 9.14. The summed E-state index contributed by atoms with van der Waals surface area (Å²) in [7, 11) is 0. The molecule has 0 spiro atoms. The number of fused-ring (bicyclic) bond motifs is 1. The first kappa shape index (κ1) is 20.1. The van der Waals surface area contributed by atoms with Crippen LogP contribution >= 0.6 is 23.1 Å². The van der Waals surface area contributed by atoms with Crippen molar-refractivity contribution in [3.05, 3.63) is 71.2 Å². The van der Waals surface area contributed by atoms with E-state index in [1.54, 1.807) is 11.3 Å². The summed E-state index contributed by atoms with van der Waals surface area (Å²) in [5.74, 6) is 0.725. The number of thiazole rings is 1. The van der Waals surface area contributed by atoms with E-state index in [4.69, 9.17) is 4.42 Å². The molecule has 5 rings (SSSR count). The molecule has 0 bridgehead atoms. The van der Waals surface area contributed by atoms with Crippen LogP contribution in [-0.4, -0.2) is 47.0 Å². The van der Waals surface area contributed by atoms with E-state index in [2.05, 4.69) is 14.9 Å². The van der Waals surface area contributed by atoms with E-state index in [1.165, 1.54) is 11.8 Å². The van der Waals surface area contributed by atoms with Crippen molar-refractivity contribution in [3.63, 3.8) is 0 Å². The van der Waals surface area contributed by atoms with Crippen molar-refractivity contribution in [2.45, 2.75) is 17.4 Å². The number of hydrogen-bond acceptors (Lipinski definition) is 7. The molecule has 1 saturated heterocycles. The van der Waals surface area contributed by atoms with E-state index >= 15 is 0 Å². The zero-order chi connectivity index (χ0) is 21.0. The minimum atomic E-state index is 0.0924. The molecular weight excluding hydrogens is 428 g/mol. The van der Waals surface area contributed by atoms with Gasteiger partial charge in [0.1, 0.15) is 5.52 Å². The Morgan fingerprint density at radius 3 is 2.81 bits per heavy atom. The summed E-state index contributed by atoms with van der Waals surface area (Å²) in [6.07, 6.45) is 2.77. The van der Waals surface area contributed by atoms with Crippen molar-refractivity contribution < 1.29 is 9.21 Å². The van der Waals surface area contributed by atoms with E-state index < -0.39 is 0 Å². The van der Waals surface area contributed by atoms with Gasteiger partial charge < -0.3 is 14.2 Å². The summed E-state index contributed by atoms with van der Waals surface area (Å²) in [5.41, 5.74) is 3.39. The number of carbonyl (C=O) groups is 1. The van der Waals surface area contributed by atoms with Crippen molar-refractivity contribution in [1.29, 1.82) is 0 Å². The number of thioether (sulfide) groups is 1. The number of anilines is 1. The molecule has 8 heteroatoms. The maximum atomic E-state index is 13.4. The molecule has 0 radical (unpaired) electrons. The van der Waals surface area contributed by atoms with Gasteiger partial charge in [-0.15, -0.1) is 11.3 Å². The topological polar surface area (TPSA) is 62.5 Å². The number of nitrogens with zero attached hydrogens (tertiary/aromatic N) is 4. The molecule has 0 unspecified atom stereocenters. The third kappa shape index (κ3) is 4.45. The minimum Gasteiger partial charge on any atom is -0.431 e. The molecule has 3 heterocycles. The largest absolute Gasteiger partial charge is 0.431 e. The summed E-state index contributed by atoms with van der Waals surface area (Å²) in [5, 5.41) is 3.65. The zero-order valence-electron chi connectivity index (χ0n) is 16.9. The van der Waals surface area contributed by atoms with Gasteiger partial charge >= 0.3 is 0 Å². The van der Waals surface area contributed by atoms with E-state index in [0.717, 1.165) is 53.4 Å². The van der Waals surface area contributed by atoms with Crippen LogP contribution in [0.25, 0.3) is 11.1 Å². The summed E-state index contributed by atoms with van der Waals surface area (Å²) in [6.45, 7) is 3.18. The van der Waals surface area contributed by atoms with Gasteiger partial charge in [0.2, 0.25) is 0 Å². The average molecular weight is 451 g/mol. The fourth-order valence-corrected chi connectivity index (χ4v) is 5.30. The standard InChI is InChI=1S/C23H22N4O2S2/c28-21(26-11-5-12-27(14-13-26)22-24-10-15-30-22)18-7-2-1-6-17(18)16-31-23-25-19-8-3-4-9-20(19)29-23/h1-4,6-10,15H,5,11-14,16H2. The van der Waals surface area contributed by atoms with Gasteiger partial charge in [0.25, 0.3) is 11.1 Å². The fourth-order valence-electron chi connectivity index (χ4n) is 3.76. The number of amides is 1. The molecule has 158 valence electrons. The molecule has 0 N–H and O–H groups in total. The fraction of sp³-hybridized carbons (Fsp3) is 0.261. The van der Waals surface area contributed by atoms with Crippen LogP contribution in [0.2, 0.25) is 0 Å². The summed E-state index contributed by atoms with van der Waals surface area (Å²) in [6, 6.07) is 15.6. The highest BCUT2D eigenvalue weighted by atomic mass is 32.2. The highest BCUT2D eigenvalue weighted by Crippen LogP contribution is 2.28. The van der Waals surface area contributed by atoms with Crippen molar-refractivity contribution in [3.8, 4) is 0 Å². The van der Waals surface area contributed by atoms with Crippen LogP contribution in [0, 0.1) is 0 Å². The SMILES string of the molecule is O=C(c1ccccc1CSc1nc2ccccc2o1)N1CCCN(c2nccs2)CC1. The lowest BCUT2D eigenvalue weighted by Gasteiger charge is -2.22. The van der Waals surface area contributed by atoms with E-state index in [-0.39, 0.29) is 5.91 Å². The molecule has 1 aliphatic heterocycles. The van der Waals surface area contributed by atoms with Crippen LogP contribution in [0.15, 0.2) is 69.7 Å². The minimum absolute atomic E-state index is 0.0924. The monoisotopic (exact) mass is 450 g/mol. The Morgan fingerprint density at radius 1 is 1.06 bits per heavy atom. The predicted octanol–water partition coefficient (Wildman–Crippen LogP) is 4.93. The highest BCUT2D eigenvalue weighted by Gasteiger charge is 2.23. The maximum absolute atomic E-state index is 13.4. The summed E-state index contributed by atoms with van der Waals surface area (Å²) < 4.78 is 5.82. The predicted molar refractivity (Wildman–Crippen MR) is 125 cm³/mol. The summed E-state index contributed by atoms with van der Waals surface area (Å²) >= 11 is 3.16. The van der Waals surface area contributed by atoms with Gasteiger partial charge in [0, 0.05) is 49.1 Å². The number of carbonyl (C=O) groups excluding carboxylic acids is 1. The van der Waals surface area contributed by atoms with Crippen molar-refractivity contribution >= 4 is 45.2 Å². The maximum Gasteiger partial charge on any atom is 0.257 e. The lowest BCUT2D eigenvalue weighted by Crippen LogP contribution is -2.35. The van der Waals surface area contributed by atoms with Crippen molar-refractivity contribution in [1.82, 2.24) is 14.9 Å². The van der Waals surface area contributed by atoms with Gasteiger partial charge in [-0.3, -0.25) is 4.79 Å². The molecule has 1 aliphatic rings. The van der Waals surface area contributed by atoms with Gasteiger partial charge in [0.05, 0.1) is 0 Å². The number of aromatic nitrogens is 2. The van der Waals surface area contributed by atoms with Crippen LogP contribution in [0.4, 0.5) is 5.13 Å². The second kappa shape index (κ2) is 9.11. The van der Waals surface area contributed by atoms with E-state index in [0.29, 0.717) is 17.5 Å². The summed E-state index contributed by atoms with van der Waals surface area (Å²) in [4.78, 5) is 26.5. The smallest absolute Gasteiger partial charge is 0.257 e. The lowest BCUT2D eigenvalue weighted by atomic mass is 10.1. The first-order chi connectivity index (χ1) is 15.3. The van der Waals surface area contributed by atoms with E-state index in [9.17, 15) is 4.79 Å². The van der Waals surface area contributed by atoms with E-state index in [1.807, 2.05) is 65.0 Å². The average Bonchev–Trinajstić information content (AvgIpc) is 3.42. The third-order valence-corrected chi connectivity index (χ3v) is 7.06. The third-order valence-electron chi connectivity index (χ3n) is 5.35. The van der Waals surface area contributed by atoms with Gasteiger partial charge in [-0.25, -0.2) is 9.97 Å². The Kier molecular flexibility index (Phi) is 5.90. The first-order valence-corrected chi connectivity index (χ1v) is 12.1. The number of oxazole rings is 1. The number of benzene rings is 2. The van der Waals surface area contributed by atoms with Crippen molar-refractivity contribution in [2.75, 3.05) is 31.1 Å². The number of para-hydroxylation sites is 2. The first-order valence-electron chi connectivity index (χ1n) is 10.3. The molecule has 0 aliphatic carbocycles. The Hall–Kier alpha value is -2.84. The molecule has 2 aromatic heterocycles. The molecule has 0 atom stereocenters. The quantitative estimate of drug-likeness (QED) is 0.402. The number of rotatable bonds is 5. The van der Waals surface area contributed by atoms with Crippen LogP contribution in [0.3, 0.4) is 0 Å². The van der Waals surface area contributed by atoms with Gasteiger partial charge in [-0.2, -0.15) is 0 Å². The van der Waals surface area contributed by atoms with Gasteiger partial charge in [-0.1, -0.05) is 42.1 Å². The van der Waals surface area contributed by atoms with Crippen molar-refractivity contribution in [2.24, 2.45) is 0 Å². The molecule has 2 aromatic carbocycles. The van der Waals surface area contributed by atoms with Crippen LogP contribution in [-0.2, 0) is 5.75 Å². The Morgan fingerprint density at radius 2 is 1.94 bits per heavy atom. The molecule has 6 nitrogen and oxygen atoms in total. The zero-order valence-corrected chi connectivity index (χ0v) is 18.6. The van der Waals surface area contributed by atoms with Crippen LogP contribution in [0.1, 0.15) is 22.3 Å². The Balaban J connectivity index is 1.28. The second-order valence-electron chi connectivity index (χ2n) is 7.34. The molecule has 1 fully saturated rings. The molecule has 31 heavy (non-hydrogen) atoms. The Labute approximate surface area is 188 Å². The normalized spacial score (nSPS) is 14.7. The Bertz CT molecular complexity index is 1140. The molecular formula is C23H22N4O2S2. The molecule has 4 aromatic rings. The van der Waals surface area contributed by atoms with Crippen LogP contribution in [0.5, 0.6) is 0 Å². The van der Waals surface area contributed by atoms with Crippen LogP contribution < -0.4 is 4.90 Å². The van der Waals surface area contributed by atoms with Gasteiger partial charge in [0.15, 0.2) is 10.7 Å².